The number of ketones is 1. The first-order valence-corrected chi connectivity index (χ1v) is 7.09. The Kier molecular flexibility index (Phi) is 3.92. The quantitative estimate of drug-likeness (QED) is 0.845. The Hall–Kier alpha value is -1.35. The summed E-state index contributed by atoms with van der Waals surface area (Å²) in [6.07, 6.45) is 1.24. The van der Waals surface area contributed by atoms with Gasteiger partial charge in [0.1, 0.15) is 11.5 Å². The molecule has 1 fully saturated rings. The molecule has 1 atom stereocenters. The molecule has 1 heterocycles. The van der Waals surface area contributed by atoms with Crippen LogP contribution in [0.1, 0.15) is 39.7 Å². The maximum Gasteiger partial charge on any atom is 0.143 e. The van der Waals surface area contributed by atoms with E-state index < -0.39 is 0 Å². The van der Waals surface area contributed by atoms with Gasteiger partial charge >= 0.3 is 0 Å². The number of carbonyl (C=O) groups excluding carboxylic acids is 1. The highest BCUT2D eigenvalue weighted by Gasteiger charge is 2.48. The number of hydrogen-bond acceptors (Lipinski definition) is 3. The molecule has 0 radical (unpaired) electrons. The van der Waals surface area contributed by atoms with Crippen LogP contribution in [0.15, 0.2) is 24.3 Å². The summed E-state index contributed by atoms with van der Waals surface area (Å²) in [6.45, 7) is 8.13. The fourth-order valence-corrected chi connectivity index (χ4v) is 3.13. The first-order chi connectivity index (χ1) is 9.23. The molecule has 110 valence electrons. The zero-order valence-corrected chi connectivity index (χ0v) is 13.0. The third-order valence-corrected chi connectivity index (χ3v) is 4.00. The smallest absolute Gasteiger partial charge is 0.143 e. The Balaban J connectivity index is 2.08. The molecule has 3 nitrogen and oxygen atoms in total. The zero-order chi connectivity index (χ0) is 15.0. The maximum absolute atomic E-state index is 12.6. The third kappa shape index (κ3) is 3.21. The monoisotopic (exact) mass is 276 g/mol. The second kappa shape index (κ2) is 5.21. The number of rotatable bonds is 4. The summed E-state index contributed by atoms with van der Waals surface area (Å²) in [5.74, 6) is 1.03. The van der Waals surface area contributed by atoms with Gasteiger partial charge in [-0.15, -0.1) is 0 Å². The molecular weight excluding hydrogens is 252 g/mol. The van der Waals surface area contributed by atoms with Crippen molar-refractivity contribution in [1.29, 1.82) is 0 Å². The predicted molar refractivity (Wildman–Crippen MR) is 79.1 cm³/mol. The van der Waals surface area contributed by atoms with E-state index in [2.05, 4.69) is 13.8 Å². The number of Topliss-reactive ketones (excluding diaryl/α,β-unsaturated/α-hetero) is 1. The van der Waals surface area contributed by atoms with Crippen LogP contribution in [0.2, 0.25) is 0 Å². The number of methoxy groups -OCH3 is 1. The molecule has 1 aliphatic heterocycles. The van der Waals surface area contributed by atoms with E-state index in [1.807, 2.05) is 38.1 Å². The molecule has 2 rings (SSSR count). The lowest BCUT2D eigenvalue weighted by atomic mass is 9.82. The average molecular weight is 276 g/mol. The Bertz CT molecular complexity index is 485. The second-order valence-electron chi connectivity index (χ2n) is 6.71. The van der Waals surface area contributed by atoms with Gasteiger partial charge in [-0.3, -0.25) is 4.79 Å². The van der Waals surface area contributed by atoms with Crippen LogP contribution < -0.4 is 4.74 Å². The molecule has 1 unspecified atom stereocenters. The van der Waals surface area contributed by atoms with E-state index in [4.69, 9.17) is 9.47 Å². The minimum Gasteiger partial charge on any atom is -0.497 e. The van der Waals surface area contributed by atoms with Gasteiger partial charge in [0.15, 0.2) is 0 Å². The van der Waals surface area contributed by atoms with Crippen molar-refractivity contribution < 1.29 is 14.3 Å². The molecule has 1 aromatic carbocycles. The standard InChI is InChI=1S/C17H24O3/c1-16(2)11-14(17(3,4)20-16)15(18)10-12-6-8-13(19-5)9-7-12/h6-9,14H,10-11H2,1-5H3. The average Bonchev–Trinajstić information content (AvgIpc) is 2.58. The van der Waals surface area contributed by atoms with Crippen molar-refractivity contribution in [2.45, 2.75) is 51.7 Å². The number of hydrogen-bond donors (Lipinski definition) is 0. The highest BCUT2D eigenvalue weighted by Crippen LogP contribution is 2.42. The molecule has 1 aliphatic rings. The number of benzene rings is 1. The molecule has 0 spiro atoms. The van der Waals surface area contributed by atoms with Crippen molar-refractivity contribution in [3.8, 4) is 5.75 Å². The number of carbonyl (C=O) groups is 1. The first kappa shape index (κ1) is 15.0. The van der Waals surface area contributed by atoms with Crippen molar-refractivity contribution in [2.24, 2.45) is 5.92 Å². The normalized spacial score (nSPS) is 23.6. The van der Waals surface area contributed by atoms with Crippen molar-refractivity contribution >= 4 is 5.78 Å². The van der Waals surface area contributed by atoms with Gasteiger partial charge in [0.05, 0.1) is 18.3 Å². The van der Waals surface area contributed by atoms with Gasteiger partial charge in [0, 0.05) is 12.3 Å². The molecule has 1 saturated heterocycles. The van der Waals surface area contributed by atoms with E-state index >= 15 is 0 Å². The molecule has 0 amide bonds. The lowest BCUT2D eigenvalue weighted by Gasteiger charge is -2.26. The van der Waals surface area contributed by atoms with Crippen LogP contribution in [0, 0.1) is 5.92 Å². The fourth-order valence-electron chi connectivity index (χ4n) is 3.13. The van der Waals surface area contributed by atoms with Crippen molar-refractivity contribution in [3.05, 3.63) is 29.8 Å². The Morgan fingerprint density at radius 3 is 2.30 bits per heavy atom. The van der Waals surface area contributed by atoms with E-state index in [9.17, 15) is 4.79 Å². The van der Waals surface area contributed by atoms with Crippen molar-refractivity contribution in [1.82, 2.24) is 0 Å². The van der Waals surface area contributed by atoms with Crippen LogP contribution in [0.25, 0.3) is 0 Å². The topological polar surface area (TPSA) is 35.5 Å². The lowest BCUT2D eigenvalue weighted by molar-refractivity contribution is -0.128. The van der Waals surface area contributed by atoms with Gasteiger partial charge in [-0.25, -0.2) is 0 Å². The minimum atomic E-state index is -0.382. The van der Waals surface area contributed by atoms with Gasteiger partial charge in [-0.1, -0.05) is 12.1 Å². The molecule has 0 saturated carbocycles. The lowest BCUT2D eigenvalue weighted by Crippen LogP contribution is -2.34. The molecular formula is C17H24O3. The molecule has 3 heteroatoms. The molecule has 1 aromatic rings. The van der Waals surface area contributed by atoms with E-state index in [-0.39, 0.29) is 22.9 Å². The van der Waals surface area contributed by atoms with Crippen LogP contribution in [-0.4, -0.2) is 24.1 Å². The summed E-state index contributed by atoms with van der Waals surface area (Å²) in [4.78, 5) is 12.6. The van der Waals surface area contributed by atoms with Crippen molar-refractivity contribution in [3.63, 3.8) is 0 Å². The Morgan fingerprint density at radius 1 is 1.25 bits per heavy atom. The fraction of sp³-hybridized carbons (Fsp3) is 0.588. The van der Waals surface area contributed by atoms with Crippen molar-refractivity contribution in [2.75, 3.05) is 7.11 Å². The Morgan fingerprint density at radius 2 is 1.85 bits per heavy atom. The maximum atomic E-state index is 12.6. The van der Waals surface area contributed by atoms with Crippen LogP contribution in [0.3, 0.4) is 0 Å². The van der Waals surface area contributed by atoms with Gasteiger partial charge in [-0.2, -0.15) is 0 Å². The van der Waals surface area contributed by atoms with E-state index in [0.717, 1.165) is 17.7 Å². The van der Waals surface area contributed by atoms with Crippen LogP contribution in [-0.2, 0) is 16.0 Å². The summed E-state index contributed by atoms with van der Waals surface area (Å²) < 4.78 is 11.1. The van der Waals surface area contributed by atoms with E-state index in [1.54, 1.807) is 7.11 Å². The summed E-state index contributed by atoms with van der Waals surface area (Å²) in [6, 6.07) is 7.68. The summed E-state index contributed by atoms with van der Waals surface area (Å²) in [7, 11) is 1.64. The zero-order valence-electron chi connectivity index (χ0n) is 13.0. The largest absolute Gasteiger partial charge is 0.497 e. The Labute approximate surface area is 121 Å². The molecule has 0 aliphatic carbocycles. The van der Waals surface area contributed by atoms with Gasteiger partial charge < -0.3 is 9.47 Å². The molecule has 0 N–H and O–H groups in total. The molecule has 0 aromatic heterocycles. The SMILES string of the molecule is COc1ccc(CC(=O)C2CC(C)(C)OC2(C)C)cc1. The highest BCUT2D eigenvalue weighted by atomic mass is 16.5. The van der Waals surface area contributed by atoms with E-state index in [0.29, 0.717) is 6.42 Å². The minimum absolute atomic E-state index is 0.0420. The van der Waals surface area contributed by atoms with Crippen LogP contribution in [0.4, 0.5) is 0 Å². The van der Waals surface area contributed by atoms with E-state index in [1.165, 1.54) is 0 Å². The van der Waals surface area contributed by atoms with Crippen LogP contribution in [0.5, 0.6) is 5.75 Å². The predicted octanol–water partition coefficient (Wildman–Crippen LogP) is 3.40. The second-order valence-corrected chi connectivity index (χ2v) is 6.71. The van der Waals surface area contributed by atoms with Gasteiger partial charge in [0.25, 0.3) is 0 Å². The summed E-state index contributed by atoms with van der Waals surface area (Å²) >= 11 is 0. The molecule has 20 heavy (non-hydrogen) atoms. The first-order valence-electron chi connectivity index (χ1n) is 7.09. The van der Waals surface area contributed by atoms with Crippen LogP contribution >= 0.6 is 0 Å². The highest BCUT2D eigenvalue weighted by molar-refractivity contribution is 5.84. The summed E-state index contributed by atoms with van der Waals surface area (Å²) in [5.41, 5.74) is 0.424. The number of ether oxygens (including phenoxy) is 2. The molecule has 0 bridgehead atoms. The van der Waals surface area contributed by atoms with Gasteiger partial charge in [-0.05, 0) is 51.8 Å². The summed E-state index contributed by atoms with van der Waals surface area (Å²) in [5, 5.41) is 0. The van der Waals surface area contributed by atoms with Gasteiger partial charge in [0.2, 0.25) is 0 Å². The third-order valence-electron chi connectivity index (χ3n) is 4.00.